The monoisotopic (exact) mass is 323 g/mol. The van der Waals surface area contributed by atoms with Crippen LogP contribution in [0.3, 0.4) is 0 Å². The molecule has 0 aromatic heterocycles. The first-order chi connectivity index (χ1) is 10.6. The van der Waals surface area contributed by atoms with Gasteiger partial charge in [-0.25, -0.2) is 13.4 Å². The molecule has 0 spiro atoms. The van der Waals surface area contributed by atoms with Crippen LogP contribution in [-0.2, 0) is 14.6 Å². The quantitative estimate of drug-likeness (QED) is 0.682. The van der Waals surface area contributed by atoms with Gasteiger partial charge in [0.2, 0.25) is 9.84 Å². The second kappa shape index (κ2) is 7.77. The predicted molar refractivity (Wildman–Crippen MR) is 88.9 cm³/mol. The van der Waals surface area contributed by atoms with Crippen LogP contribution in [0.25, 0.3) is 0 Å². The van der Waals surface area contributed by atoms with Crippen LogP contribution in [0, 0.1) is 6.92 Å². The molecule has 1 aromatic rings. The molecule has 0 aliphatic carbocycles. The standard InChI is InChI=1S/C17H25NO3S/c1-3-4-5-6-7-11-15-17(18-13-21-15)22(19,20)16-12-9-8-10-14(16)2/h8-10,12-13,15,17H,3-7,11H2,1-2H3. The average Bonchev–Trinajstić information content (AvgIpc) is 2.96. The smallest absolute Gasteiger partial charge is 0.205 e. The molecule has 0 amide bonds. The number of benzene rings is 1. The molecule has 22 heavy (non-hydrogen) atoms. The van der Waals surface area contributed by atoms with E-state index in [-0.39, 0.29) is 6.10 Å². The third-order valence-electron chi connectivity index (χ3n) is 4.07. The summed E-state index contributed by atoms with van der Waals surface area (Å²) in [5.74, 6) is 0. The fourth-order valence-electron chi connectivity index (χ4n) is 2.78. The van der Waals surface area contributed by atoms with E-state index in [9.17, 15) is 8.42 Å². The highest BCUT2D eigenvalue weighted by Gasteiger charge is 2.38. The number of aryl methyl sites for hydroxylation is 1. The van der Waals surface area contributed by atoms with E-state index in [4.69, 9.17) is 4.74 Å². The van der Waals surface area contributed by atoms with Crippen molar-refractivity contribution in [3.8, 4) is 0 Å². The van der Waals surface area contributed by atoms with Crippen molar-refractivity contribution in [3.63, 3.8) is 0 Å². The minimum Gasteiger partial charge on any atom is -0.477 e. The molecule has 1 aliphatic rings. The lowest BCUT2D eigenvalue weighted by atomic mass is 10.1. The van der Waals surface area contributed by atoms with Crippen LogP contribution in [0.15, 0.2) is 34.2 Å². The van der Waals surface area contributed by atoms with Crippen molar-refractivity contribution < 1.29 is 13.2 Å². The Hall–Kier alpha value is -1.36. The Morgan fingerprint density at radius 2 is 1.86 bits per heavy atom. The second-order valence-corrected chi connectivity index (χ2v) is 7.85. The highest BCUT2D eigenvalue weighted by molar-refractivity contribution is 7.92. The Bertz CT molecular complexity index is 610. The van der Waals surface area contributed by atoms with E-state index in [1.54, 1.807) is 12.1 Å². The van der Waals surface area contributed by atoms with Crippen molar-refractivity contribution in [1.29, 1.82) is 0 Å². The summed E-state index contributed by atoms with van der Waals surface area (Å²) in [7, 11) is -3.49. The van der Waals surface area contributed by atoms with Gasteiger partial charge < -0.3 is 4.74 Å². The van der Waals surface area contributed by atoms with Crippen LogP contribution in [0.1, 0.15) is 51.0 Å². The maximum absolute atomic E-state index is 12.8. The van der Waals surface area contributed by atoms with Crippen molar-refractivity contribution in [3.05, 3.63) is 29.8 Å². The minimum atomic E-state index is -3.49. The summed E-state index contributed by atoms with van der Waals surface area (Å²) in [6.07, 6.45) is 7.40. The Balaban J connectivity index is 2.03. The van der Waals surface area contributed by atoms with Gasteiger partial charge in [-0.1, -0.05) is 50.8 Å². The van der Waals surface area contributed by atoms with Crippen molar-refractivity contribution in [1.82, 2.24) is 0 Å². The highest BCUT2D eigenvalue weighted by atomic mass is 32.2. The highest BCUT2D eigenvalue weighted by Crippen LogP contribution is 2.28. The van der Waals surface area contributed by atoms with E-state index in [2.05, 4.69) is 11.9 Å². The van der Waals surface area contributed by atoms with Gasteiger partial charge in [0, 0.05) is 0 Å². The zero-order chi connectivity index (χ0) is 16.0. The van der Waals surface area contributed by atoms with E-state index in [1.807, 2.05) is 19.1 Å². The number of rotatable bonds is 8. The number of aliphatic imine (C=N–C) groups is 1. The Labute approximate surface area is 133 Å². The van der Waals surface area contributed by atoms with Crippen LogP contribution in [0.2, 0.25) is 0 Å². The number of hydrogen-bond acceptors (Lipinski definition) is 4. The number of hydrogen-bond donors (Lipinski definition) is 0. The summed E-state index contributed by atoms with van der Waals surface area (Å²) in [5.41, 5.74) is 0.756. The van der Waals surface area contributed by atoms with Crippen molar-refractivity contribution in [2.45, 2.75) is 68.7 Å². The van der Waals surface area contributed by atoms with E-state index >= 15 is 0 Å². The molecule has 1 aliphatic heterocycles. The molecule has 2 unspecified atom stereocenters. The van der Waals surface area contributed by atoms with Gasteiger partial charge in [0.15, 0.2) is 11.8 Å². The summed E-state index contributed by atoms with van der Waals surface area (Å²) in [5, 5.41) is -0.806. The molecule has 5 heteroatoms. The molecule has 2 atom stereocenters. The zero-order valence-corrected chi connectivity index (χ0v) is 14.2. The Morgan fingerprint density at radius 1 is 1.14 bits per heavy atom. The number of unbranched alkanes of at least 4 members (excludes halogenated alkanes) is 4. The van der Waals surface area contributed by atoms with Gasteiger partial charge in [-0.2, -0.15) is 0 Å². The third-order valence-corrected chi connectivity index (χ3v) is 6.20. The lowest BCUT2D eigenvalue weighted by Crippen LogP contribution is -2.30. The number of sulfone groups is 1. The summed E-state index contributed by atoms with van der Waals surface area (Å²) >= 11 is 0. The fourth-order valence-corrected chi connectivity index (χ4v) is 4.64. The van der Waals surface area contributed by atoms with Gasteiger partial charge in [0.1, 0.15) is 6.10 Å². The molecule has 0 saturated carbocycles. The lowest BCUT2D eigenvalue weighted by Gasteiger charge is -2.18. The summed E-state index contributed by atoms with van der Waals surface area (Å²) in [4.78, 5) is 4.45. The SMILES string of the molecule is CCCCCCCC1OC=NC1S(=O)(=O)c1ccccc1C. The summed E-state index contributed by atoms with van der Waals surface area (Å²) in [6, 6.07) is 7.05. The van der Waals surface area contributed by atoms with Gasteiger partial charge in [-0.3, -0.25) is 0 Å². The number of ether oxygens (including phenoxy) is 1. The van der Waals surface area contributed by atoms with Crippen molar-refractivity contribution in [2.24, 2.45) is 4.99 Å². The Kier molecular flexibility index (Phi) is 6.00. The zero-order valence-electron chi connectivity index (χ0n) is 13.4. The van der Waals surface area contributed by atoms with E-state index in [0.717, 1.165) is 24.8 Å². The summed E-state index contributed by atoms with van der Waals surface area (Å²) < 4.78 is 31.1. The fraction of sp³-hybridized carbons (Fsp3) is 0.588. The van der Waals surface area contributed by atoms with Crippen molar-refractivity contribution >= 4 is 16.2 Å². The molecule has 4 nitrogen and oxygen atoms in total. The first-order valence-electron chi connectivity index (χ1n) is 8.04. The first-order valence-corrected chi connectivity index (χ1v) is 9.58. The average molecular weight is 323 g/mol. The molecule has 2 rings (SSSR count). The van der Waals surface area contributed by atoms with Gasteiger partial charge >= 0.3 is 0 Å². The molecular weight excluding hydrogens is 298 g/mol. The van der Waals surface area contributed by atoms with Gasteiger partial charge in [0.25, 0.3) is 0 Å². The minimum absolute atomic E-state index is 0.355. The molecule has 0 N–H and O–H groups in total. The van der Waals surface area contributed by atoms with Crippen LogP contribution in [0.5, 0.6) is 0 Å². The van der Waals surface area contributed by atoms with Gasteiger partial charge in [0.05, 0.1) is 4.90 Å². The van der Waals surface area contributed by atoms with Crippen LogP contribution in [-0.4, -0.2) is 26.3 Å². The normalized spacial score (nSPS) is 21.0. The van der Waals surface area contributed by atoms with Gasteiger partial charge in [-0.05, 0) is 31.4 Å². The summed E-state index contributed by atoms with van der Waals surface area (Å²) in [6.45, 7) is 3.99. The maximum atomic E-state index is 12.8. The van der Waals surface area contributed by atoms with E-state index in [1.165, 1.54) is 25.7 Å². The van der Waals surface area contributed by atoms with E-state index < -0.39 is 15.2 Å². The van der Waals surface area contributed by atoms with Crippen LogP contribution >= 0.6 is 0 Å². The van der Waals surface area contributed by atoms with Crippen LogP contribution in [0.4, 0.5) is 0 Å². The molecule has 1 aromatic carbocycles. The molecule has 0 saturated heterocycles. The molecule has 0 fully saturated rings. The molecule has 0 bridgehead atoms. The molecule has 122 valence electrons. The third kappa shape index (κ3) is 3.88. The van der Waals surface area contributed by atoms with E-state index in [0.29, 0.717) is 4.90 Å². The largest absolute Gasteiger partial charge is 0.477 e. The lowest BCUT2D eigenvalue weighted by molar-refractivity contribution is 0.205. The van der Waals surface area contributed by atoms with Crippen molar-refractivity contribution in [2.75, 3.05) is 0 Å². The maximum Gasteiger partial charge on any atom is 0.205 e. The first kappa shape index (κ1) is 17.0. The number of nitrogens with zero attached hydrogens (tertiary/aromatic N) is 1. The predicted octanol–water partition coefficient (Wildman–Crippen LogP) is 3.88. The topological polar surface area (TPSA) is 55.7 Å². The Morgan fingerprint density at radius 3 is 2.59 bits per heavy atom. The molecule has 1 heterocycles. The molecule has 0 radical (unpaired) electrons. The van der Waals surface area contributed by atoms with Gasteiger partial charge in [-0.15, -0.1) is 0 Å². The van der Waals surface area contributed by atoms with Crippen LogP contribution < -0.4 is 0 Å². The second-order valence-electron chi connectivity index (χ2n) is 5.83. The molecular formula is C17H25NO3S.